The standard InChI is InChI=1S/C17H25N/c1-12-5-4-6-13(7-12)14-8-16(9-14)18-11-15-10-17(15,2)3/h4-7,14-16,18H,8-11H2,1-3H3. The van der Waals surface area contributed by atoms with Gasteiger partial charge in [0.2, 0.25) is 0 Å². The Kier molecular flexibility index (Phi) is 2.97. The van der Waals surface area contributed by atoms with Crippen LogP contribution in [0.15, 0.2) is 24.3 Å². The van der Waals surface area contributed by atoms with Crippen molar-refractivity contribution in [3.63, 3.8) is 0 Å². The summed E-state index contributed by atoms with van der Waals surface area (Å²) < 4.78 is 0. The Bertz CT molecular complexity index is 429. The fourth-order valence-electron chi connectivity index (χ4n) is 3.21. The number of hydrogen-bond acceptors (Lipinski definition) is 1. The minimum Gasteiger partial charge on any atom is -0.314 e. The van der Waals surface area contributed by atoms with Gasteiger partial charge in [0.25, 0.3) is 0 Å². The zero-order chi connectivity index (χ0) is 12.8. The second-order valence-electron chi connectivity index (χ2n) is 7.08. The van der Waals surface area contributed by atoms with E-state index in [9.17, 15) is 0 Å². The summed E-state index contributed by atoms with van der Waals surface area (Å²) in [7, 11) is 0. The van der Waals surface area contributed by atoms with Crippen LogP contribution in [0.3, 0.4) is 0 Å². The predicted octanol–water partition coefficient (Wildman–Crippen LogP) is 3.88. The molecule has 98 valence electrons. The first-order chi connectivity index (χ1) is 8.54. The Labute approximate surface area is 111 Å². The van der Waals surface area contributed by atoms with E-state index in [2.05, 4.69) is 50.4 Å². The second kappa shape index (κ2) is 4.38. The molecule has 0 saturated heterocycles. The Morgan fingerprint density at radius 3 is 2.61 bits per heavy atom. The lowest BCUT2D eigenvalue weighted by Gasteiger charge is -2.36. The van der Waals surface area contributed by atoms with Crippen LogP contribution in [0.2, 0.25) is 0 Å². The van der Waals surface area contributed by atoms with Crippen LogP contribution in [-0.2, 0) is 0 Å². The van der Waals surface area contributed by atoms with Crippen LogP contribution in [0.4, 0.5) is 0 Å². The molecule has 1 aromatic rings. The van der Waals surface area contributed by atoms with Gasteiger partial charge in [-0.25, -0.2) is 0 Å². The predicted molar refractivity (Wildman–Crippen MR) is 76.8 cm³/mol. The van der Waals surface area contributed by atoms with Gasteiger partial charge in [-0.3, -0.25) is 0 Å². The van der Waals surface area contributed by atoms with Crippen LogP contribution in [0.1, 0.15) is 50.2 Å². The third kappa shape index (κ3) is 2.47. The van der Waals surface area contributed by atoms with Crippen molar-refractivity contribution in [3.8, 4) is 0 Å². The summed E-state index contributed by atoms with van der Waals surface area (Å²) in [5.41, 5.74) is 3.55. The quantitative estimate of drug-likeness (QED) is 0.846. The highest BCUT2D eigenvalue weighted by molar-refractivity contribution is 5.27. The molecule has 1 aromatic carbocycles. The summed E-state index contributed by atoms with van der Waals surface area (Å²) in [6.07, 6.45) is 4.07. The lowest BCUT2D eigenvalue weighted by Crippen LogP contribution is -2.41. The van der Waals surface area contributed by atoms with Gasteiger partial charge >= 0.3 is 0 Å². The van der Waals surface area contributed by atoms with E-state index < -0.39 is 0 Å². The zero-order valence-electron chi connectivity index (χ0n) is 11.9. The molecule has 0 amide bonds. The van der Waals surface area contributed by atoms with E-state index >= 15 is 0 Å². The minimum absolute atomic E-state index is 0.618. The molecule has 0 aromatic heterocycles. The third-order valence-corrected chi connectivity index (χ3v) is 5.02. The van der Waals surface area contributed by atoms with E-state index in [0.717, 1.165) is 17.9 Å². The molecule has 1 nitrogen and oxygen atoms in total. The maximum absolute atomic E-state index is 3.75. The molecule has 2 aliphatic rings. The van der Waals surface area contributed by atoms with Crippen LogP contribution in [0.25, 0.3) is 0 Å². The van der Waals surface area contributed by atoms with E-state index in [1.165, 1.54) is 31.4 Å². The average Bonchev–Trinajstić information content (AvgIpc) is 2.84. The van der Waals surface area contributed by atoms with Gasteiger partial charge in [0.1, 0.15) is 0 Å². The molecule has 2 fully saturated rings. The minimum atomic E-state index is 0.618. The Hall–Kier alpha value is -0.820. The molecule has 1 atom stereocenters. The van der Waals surface area contributed by atoms with E-state index in [1.807, 2.05) is 0 Å². The van der Waals surface area contributed by atoms with Gasteiger partial charge in [-0.15, -0.1) is 0 Å². The number of benzene rings is 1. The summed E-state index contributed by atoms with van der Waals surface area (Å²) in [6.45, 7) is 8.19. The van der Waals surface area contributed by atoms with Crippen LogP contribution in [0.5, 0.6) is 0 Å². The first kappa shape index (κ1) is 12.2. The molecule has 1 unspecified atom stereocenters. The van der Waals surface area contributed by atoms with Crippen molar-refractivity contribution in [1.82, 2.24) is 5.32 Å². The molecule has 0 spiro atoms. The topological polar surface area (TPSA) is 12.0 Å². The highest BCUT2D eigenvalue weighted by Gasteiger charge is 2.45. The van der Waals surface area contributed by atoms with Crippen molar-refractivity contribution in [1.29, 1.82) is 0 Å². The summed E-state index contributed by atoms with van der Waals surface area (Å²) in [6, 6.07) is 9.79. The number of aryl methyl sites for hydroxylation is 1. The van der Waals surface area contributed by atoms with E-state index in [4.69, 9.17) is 0 Å². The lowest BCUT2D eigenvalue weighted by atomic mass is 9.75. The molecule has 1 N–H and O–H groups in total. The Morgan fingerprint density at radius 1 is 1.28 bits per heavy atom. The smallest absolute Gasteiger partial charge is 0.00788 e. The molecular weight excluding hydrogens is 218 g/mol. The average molecular weight is 243 g/mol. The maximum atomic E-state index is 3.75. The highest BCUT2D eigenvalue weighted by atomic mass is 14.9. The van der Waals surface area contributed by atoms with Crippen LogP contribution in [-0.4, -0.2) is 12.6 Å². The first-order valence-corrected chi connectivity index (χ1v) is 7.34. The molecule has 0 bridgehead atoms. The maximum Gasteiger partial charge on any atom is 0.00788 e. The van der Waals surface area contributed by atoms with Crippen molar-refractivity contribution >= 4 is 0 Å². The van der Waals surface area contributed by atoms with E-state index in [1.54, 1.807) is 5.56 Å². The molecule has 2 aliphatic carbocycles. The second-order valence-corrected chi connectivity index (χ2v) is 7.08. The largest absolute Gasteiger partial charge is 0.314 e. The summed E-state index contributed by atoms with van der Waals surface area (Å²) >= 11 is 0. The highest BCUT2D eigenvalue weighted by Crippen LogP contribution is 2.51. The summed E-state index contributed by atoms with van der Waals surface area (Å²) in [4.78, 5) is 0. The molecule has 3 rings (SSSR count). The normalized spacial score (nSPS) is 32.9. The van der Waals surface area contributed by atoms with Crippen LogP contribution in [0, 0.1) is 18.3 Å². The fourth-order valence-corrected chi connectivity index (χ4v) is 3.21. The van der Waals surface area contributed by atoms with Crippen molar-refractivity contribution in [2.75, 3.05) is 6.54 Å². The molecular formula is C17H25N. The van der Waals surface area contributed by atoms with Gasteiger partial charge in [0.15, 0.2) is 0 Å². The molecule has 0 aliphatic heterocycles. The van der Waals surface area contributed by atoms with E-state index in [0.29, 0.717) is 5.41 Å². The van der Waals surface area contributed by atoms with Gasteiger partial charge < -0.3 is 5.32 Å². The van der Waals surface area contributed by atoms with Crippen molar-refractivity contribution in [2.24, 2.45) is 11.3 Å². The zero-order valence-corrected chi connectivity index (χ0v) is 11.9. The third-order valence-electron chi connectivity index (χ3n) is 5.02. The van der Waals surface area contributed by atoms with Gasteiger partial charge in [0.05, 0.1) is 0 Å². The SMILES string of the molecule is Cc1cccc(C2CC(NCC3CC3(C)C)C2)c1. The van der Waals surface area contributed by atoms with Crippen molar-refractivity contribution in [2.45, 2.75) is 52.0 Å². The number of nitrogens with one attached hydrogen (secondary N) is 1. The fraction of sp³-hybridized carbons (Fsp3) is 0.647. The monoisotopic (exact) mass is 243 g/mol. The molecule has 2 saturated carbocycles. The van der Waals surface area contributed by atoms with Crippen LogP contribution >= 0.6 is 0 Å². The van der Waals surface area contributed by atoms with Crippen molar-refractivity contribution < 1.29 is 0 Å². The molecule has 0 radical (unpaired) electrons. The van der Waals surface area contributed by atoms with Gasteiger partial charge in [-0.1, -0.05) is 43.7 Å². The lowest BCUT2D eigenvalue weighted by molar-refractivity contribution is 0.284. The van der Waals surface area contributed by atoms with Crippen molar-refractivity contribution in [3.05, 3.63) is 35.4 Å². The van der Waals surface area contributed by atoms with Crippen LogP contribution < -0.4 is 5.32 Å². The van der Waals surface area contributed by atoms with Gasteiger partial charge in [0, 0.05) is 6.04 Å². The Morgan fingerprint density at radius 2 is 2.00 bits per heavy atom. The Balaban J connectivity index is 1.43. The molecule has 0 heterocycles. The first-order valence-electron chi connectivity index (χ1n) is 7.34. The molecule has 18 heavy (non-hydrogen) atoms. The summed E-state index contributed by atoms with van der Waals surface area (Å²) in [5, 5.41) is 3.75. The van der Waals surface area contributed by atoms with Gasteiger partial charge in [-0.2, -0.15) is 0 Å². The van der Waals surface area contributed by atoms with E-state index in [-0.39, 0.29) is 0 Å². The number of rotatable bonds is 4. The van der Waals surface area contributed by atoms with Gasteiger partial charge in [-0.05, 0) is 55.5 Å². The number of hydrogen-bond donors (Lipinski definition) is 1. The summed E-state index contributed by atoms with van der Waals surface area (Å²) in [5.74, 6) is 1.73. The molecule has 1 heteroatoms.